The summed E-state index contributed by atoms with van der Waals surface area (Å²) in [4.78, 5) is 12.9. The second-order valence-corrected chi connectivity index (χ2v) is 9.49. The SMILES string of the molecule is CC1=NN(c2c(F)c(F)c(F)c(F)c2F)C(=O)/C1=C/c1cc(Br)c(OCc2ccccc2F)c(I)c1. The van der Waals surface area contributed by atoms with Gasteiger partial charge >= 0.3 is 0 Å². The molecule has 1 heterocycles. The fraction of sp³-hybridized carbons (Fsp3) is 0.0833. The van der Waals surface area contributed by atoms with Crippen LogP contribution in [0.3, 0.4) is 0 Å². The van der Waals surface area contributed by atoms with Crippen LogP contribution in [-0.2, 0) is 11.4 Å². The molecule has 3 aromatic carbocycles. The highest BCUT2D eigenvalue weighted by Crippen LogP contribution is 2.36. The summed E-state index contributed by atoms with van der Waals surface area (Å²) in [5.41, 5.74) is -0.798. The molecule has 0 saturated heterocycles. The third kappa shape index (κ3) is 4.75. The van der Waals surface area contributed by atoms with Gasteiger partial charge in [0.15, 0.2) is 23.3 Å². The lowest BCUT2D eigenvalue weighted by molar-refractivity contribution is -0.114. The average molecular weight is 681 g/mol. The Balaban J connectivity index is 1.64. The number of halogens is 8. The minimum Gasteiger partial charge on any atom is -0.486 e. The molecule has 12 heteroatoms. The summed E-state index contributed by atoms with van der Waals surface area (Å²) < 4.78 is 89.8. The van der Waals surface area contributed by atoms with Crippen molar-refractivity contribution in [2.75, 3.05) is 5.01 Å². The van der Waals surface area contributed by atoms with Crippen LogP contribution >= 0.6 is 38.5 Å². The molecule has 0 aromatic heterocycles. The smallest absolute Gasteiger partial charge is 0.280 e. The molecule has 4 rings (SSSR count). The Kier molecular flexibility index (Phi) is 7.46. The van der Waals surface area contributed by atoms with E-state index in [9.17, 15) is 31.1 Å². The molecule has 4 nitrogen and oxygen atoms in total. The van der Waals surface area contributed by atoms with Crippen molar-refractivity contribution in [2.45, 2.75) is 13.5 Å². The molecular formula is C24H12BrF6IN2O2. The van der Waals surface area contributed by atoms with Gasteiger partial charge in [0.05, 0.1) is 19.3 Å². The maximum Gasteiger partial charge on any atom is 0.280 e. The Labute approximate surface area is 222 Å². The van der Waals surface area contributed by atoms with E-state index in [0.717, 1.165) is 0 Å². The second kappa shape index (κ2) is 10.2. The van der Waals surface area contributed by atoms with Crippen LogP contribution in [0.25, 0.3) is 6.08 Å². The van der Waals surface area contributed by atoms with E-state index in [0.29, 0.717) is 24.9 Å². The quantitative estimate of drug-likeness (QED) is 0.0936. The maximum atomic E-state index is 14.2. The van der Waals surface area contributed by atoms with E-state index in [-0.39, 0.29) is 22.9 Å². The predicted octanol–water partition coefficient (Wildman–Crippen LogP) is 7.27. The Morgan fingerprint density at radius 1 is 1.00 bits per heavy atom. The van der Waals surface area contributed by atoms with Gasteiger partial charge in [0.2, 0.25) is 5.82 Å². The number of anilines is 1. The molecule has 0 saturated carbocycles. The highest BCUT2D eigenvalue weighted by atomic mass is 127. The Bertz CT molecular complexity index is 1430. The van der Waals surface area contributed by atoms with Crippen LogP contribution in [0, 0.1) is 38.5 Å². The van der Waals surface area contributed by atoms with Crippen molar-refractivity contribution >= 4 is 61.9 Å². The van der Waals surface area contributed by atoms with Crippen molar-refractivity contribution in [3.63, 3.8) is 0 Å². The molecule has 186 valence electrons. The number of ether oxygens (including phenoxy) is 1. The summed E-state index contributed by atoms with van der Waals surface area (Å²) >= 11 is 5.33. The molecule has 1 amide bonds. The molecule has 0 spiro atoms. The van der Waals surface area contributed by atoms with Crippen molar-refractivity contribution in [1.82, 2.24) is 0 Å². The minimum absolute atomic E-state index is 0.00467. The zero-order valence-electron chi connectivity index (χ0n) is 18.0. The van der Waals surface area contributed by atoms with Crippen LogP contribution in [-0.4, -0.2) is 11.6 Å². The predicted molar refractivity (Wildman–Crippen MR) is 132 cm³/mol. The van der Waals surface area contributed by atoms with Crippen molar-refractivity contribution < 1.29 is 35.9 Å². The monoisotopic (exact) mass is 680 g/mol. The van der Waals surface area contributed by atoms with Gasteiger partial charge in [-0.05, 0) is 75.3 Å². The van der Waals surface area contributed by atoms with Gasteiger partial charge in [0.1, 0.15) is 23.9 Å². The van der Waals surface area contributed by atoms with Gasteiger partial charge in [-0.15, -0.1) is 0 Å². The summed E-state index contributed by atoms with van der Waals surface area (Å²) in [5.74, 6) is -12.2. The van der Waals surface area contributed by atoms with Gasteiger partial charge in [-0.3, -0.25) is 4.79 Å². The fourth-order valence-electron chi connectivity index (χ4n) is 3.35. The van der Waals surface area contributed by atoms with Gasteiger partial charge in [0.25, 0.3) is 5.91 Å². The van der Waals surface area contributed by atoms with Gasteiger partial charge in [0, 0.05) is 5.56 Å². The van der Waals surface area contributed by atoms with Crippen LogP contribution in [0.4, 0.5) is 32.0 Å². The molecule has 0 fully saturated rings. The average Bonchev–Trinajstić information content (AvgIpc) is 3.10. The third-order valence-corrected chi connectivity index (χ3v) is 6.51. The maximum absolute atomic E-state index is 14.2. The fourth-order valence-corrected chi connectivity index (χ4v) is 5.12. The number of carbonyl (C=O) groups is 1. The molecular weight excluding hydrogens is 669 g/mol. The van der Waals surface area contributed by atoms with Crippen molar-refractivity contribution in [3.05, 3.63) is 96.0 Å². The largest absolute Gasteiger partial charge is 0.486 e. The van der Waals surface area contributed by atoms with E-state index < -0.39 is 46.5 Å². The highest BCUT2D eigenvalue weighted by Gasteiger charge is 2.37. The molecule has 0 bridgehead atoms. The number of amides is 1. The first kappa shape index (κ1) is 26.2. The third-order valence-electron chi connectivity index (χ3n) is 5.12. The molecule has 1 aliphatic rings. The summed E-state index contributed by atoms with van der Waals surface area (Å²) in [6, 6.07) is 9.33. The Hall–Kier alpha value is -2.87. The number of hydrogen-bond donors (Lipinski definition) is 0. The molecule has 0 radical (unpaired) electrons. The van der Waals surface area contributed by atoms with Gasteiger partial charge < -0.3 is 4.74 Å². The van der Waals surface area contributed by atoms with Gasteiger partial charge in [-0.2, -0.15) is 10.1 Å². The first-order valence-corrected chi connectivity index (χ1v) is 11.9. The van der Waals surface area contributed by atoms with Crippen LogP contribution in [0.15, 0.2) is 51.5 Å². The standard InChI is InChI=1S/C24H12BrF6IN2O2/c1-10-13(24(35)34(33-10)22-20(30)18(28)17(27)19(29)21(22)31)6-11-7-14(25)23(16(32)8-11)36-9-12-4-2-3-5-15(12)26/h2-8H,9H2,1H3/b13-6+. The van der Waals surface area contributed by atoms with E-state index in [2.05, 4.69) is 21.0 Å². The van der Waals surface area contributed by atoms with Gasteiger partial charge in [-0.1, -0.05) is 18.2 Å². The van der Waals surface area contributed by atoms with Crippen molar-refractivity contribution in [3.8, 4) is 5.75 Å². The van der Waals surface area contributed by atoms with E-state index in [1.54, 1.807) is 30.3 Å². The lowest BCUT2D eigenvalue weighted by atomic mass is 10.1. The lowest BCUT2D eigenvalue weighted by Crippen LogP contribution is -2.25. The van der Waals surface area contributed by atoms with E-state index in [4.69, 9.17) is 4.74 Å². The molecule has 0 atom stereocenters. The topological polar surface area (TPSA) is 41.9 Å². The van der Waals surface area contributed by atoms with Crippen LogP contribution in [0.5, 0.6) is 5.75 Å². The number of rotatable bonds is 5. The number of carbonyl (C=O) groups excluding carboxylic acids is 1. The Morgan fingerprint density at radius 2 is 1.61 bits per heavy atom. The molecule has 3 aromatic rings. The zero-order chi connectivity index (χ0) is 26.3. The van der Waals surface area contributed by atoms with Crippen molar-refractivity contribution in [2.24, 2.45) is 5.10 Å². The van der Waals surface area contributed by atoms with Gasteiger partial charge in [-0.25, -0.2) is 26.3 Å². The number of hydrazone groups is 1. The molecule has 1 aliphatic heterocycles. The Morgan fingerprint density at radius 3 is 2.22 bits per heavy atom. The number of nitrogens with zero attached hydrogens (tertiary/aromatic N) is 2. The van der Waals surface area contributed by atoms with Crippen molar-refractivity contribution in [1.29, 1.82) is 0 Å². The molecule has 0 unspecified atom stereocenters. The second-order valence-electron chi connectivity index (χ2n) is 7.47. The number of hydrogen-bond acceptors (Lipinski definition) is 3. The summed E-state index contributed by atoms with van der Waals surface area (Å²) in [6.45, 7) is 1.31. The summed E-state index contributed by atoms with van der Waals surface area (Å²) in [6.07, 6.45) is 1.35. The first-order chi connectivity index (χ1) is 17.0. The van der Waals surface area contributed by atoms with Crippen LogP contribution < -0.4 is 9.75 Å². The van der Waals surface area contributed by atoms with Crippen LogP contribution in [0.1, 0.15) is 18.1 Å². The highest BCUT2D eigenvalue weighted by molar-refractivity contribution is 14.1. The van der Waals surface area contributed by atoms with Crippen LogP contribution in [0.2, 0.25) is 0 Å². The van der Waals surface area contributed by atoms with E-state index in [1.165, 1.54) is 19.1 Å². The first-order valence-electron chi connectivity index (χ1n) is 9.99. The van der Waals surface area contributed by atoms with E-state index >= 15 is 0 Å². The molecule has 36 heavy (non-hydrogen) atoms. The minimum atomic E-state index is -2.34. The summed E-state index contributed by atoms with van der Waals surface area (Å²) in [7, 11) is 0. The molecule has 0 aliphatic carbocycles. The van der Waals surface area contributed by atoms with E-state index in [1.807, 2.05) is 22.6 Å². The summed E-state index contributed by atoms with van der Waals surface area (Å²) in [5, 5.41) is 3.85. The normalized spacial score (nSPS) is 14.6. The molecule has 0 N–H and O–H groups in total. The zero-order valence-corrected chi connectivity index (χ0v) is 21.7. The lowest BCUT2D eigenvalue weighted by Gasteiger charge is -2.15. The number of benzene rings is 3.